The van der Waals surface area contributed by atoms with Crippen molar-refractivity contribution in [2.24, 2.45) is 0 Å². The second-order valence-electron chi connectivity index (χ2n) is 9.75. The molecule has 0 aliphatic rings. The SMILES string of the molecule is CCCCCCCCCC(=O)N(Cc1ccco1)C(C)c1nc2ccccc2c(=O)n1-c1ccc(F)cc1. The number of carbonyl (C=O) groups is 1. The summed E-state index contributed by atoms with van der Waals surface area (Å²) in [4.78, 5) is 33.8. The van der Waals surface area contributed by atoms with E-state index in [1.54, 1.807) is 47.6 Å². The van der Waals surface area contributed by atoms with E-state index in [0.717, 1.165) is 19.3 Å². The maximum atomic E-state index is 13.7. The van der Waals surface area contributed by atoms with Gasteiger partial charge in [-0.3, -0.25) is 14.2 Å². The van der Waals surface area contributed by atoms with Crippen molar-refractivity contribution in [3.63, 3.8) is 0 Å². The Labute approximate surface area is 223 Å². The Morgan fingerprint density at radius 1 is 0.974 bits per heavy atom. The summed E-state index contributed by atoms with van der Waals surface area (Å²) in [5, 5.41) is 0.458. The lowest BCUT2D eigenvalue weighted by atomic mass is 10.1. The highest BCUT2D eigenvalue weighted by Gasteiger charge is 2.27. The van der Waals surface area contributed by atoms with Crippen LogP contribution in [0, 0.1) is 5.82 Å². The first-order chi connectivity index (χ1) is 18.5. The van der Waals surface area contributed by atoms with Crippen LogP contribution in [0.15, 0.2) is 76.1 Å². The summed E-state index contributed by atoms with van der Waals surface area (Å²) < 4.78 is 20.8. The molecule has 4 rings (SSSR count). The molecule has 2 aromatic carbocycles. The number of rotatable bonds is 13. The molecule has 38 heavy (non-hydrogen) atoms. The van der Waals surface area contributed by atoms with Crippen molar-refractivity contribution in [2.75, 3.05) is 0 Å². The molecule has 0 bridgehead atoms. The zero-order valence-electron chi connectivity index (χ0n) is 22.2. The van der Waals surface area contributed by atoms with Crippen LogP contribution in [-0.4, -0.2) is 20.4 Å². The number of para-hydroxylation sites is 1. The summed E-state index contributed by atoms with van der Waals surface area (Å²) >= 11 is 0. The third-order valence-electron chi connectivity index (χ3n) is 6.95. The van der Waals surface area contributed by atoms with Crippen LogP contribution in [-0.2, 0) is 11.3 Å². The summed E-state index contributed by atoms with van der Waals surface area (Å²) in [6.07, 6.45) is 9.83. The molecule has 2 heterocycles. The van der Waals surface area contributed by atoms with E-state index in [9.17, 15) is 14.0 Å². The van der Waals surface area contributed by atoms with Crippen LogP contribution in [0.4, 0.5) is 4.39 Å². The summed E-state index contributed by atoms with van der Waals surface area (Å²) in [6, 6.07) is 16.0. The van der Waals surface area contributed by atoms with Gasteiger partial charge < -0.3 is 9.32 Å². The number of benzene rings is 2. The molecule has 6 nitrogen and oxygen atoms in total. The average molecular weight is 518 g/mol. The van der Waals surface area contributed by atoms with Gasteiger partial charge in [0.1, 0.15) is 17.4 Å². The van der Waals surface area contributed by atoms with Gasteiger partial charge in [0.05, 0.1) is 35.4 Å². The molecular weight excluding hydrogens is 481 g/mol. The van der Waals surface area contributed by atoms with Gasteiger partial charge in [-0.2, -0.15) is 0 Å². The number of fused-ring (bicyclic) bond motifs is 1. The second kappa shape index (κ2) is 13.2. The van der Waals surface area contributed by atoms with Gasteiger partial charge in [0, 0.05) is 6.42 Å². The van der Waals surface area contributed by atoms with Crippen LogP contribution in [0.1, 0.15) is 82.8 Å². The number of furan rings is 1. The van der Waals surface area contributed by atoms with E-state index in [4.69, 9.17) is 9.40 Å². The average Bonchev–Trinajstić information content (AvgIpc) is 3.45. The zero-order chi connectivity index (χ0) is 26.9. The largest absolute Gasteiger partial charge is 0.467 e. The van der Waals surface area contributed by atoms with Crippen LogP contribution < -0.4 is 5.56 Å². The minimum absolute atomic E-state index is 0.0180. The van der Waals surface area contributed by atoms with Gasteiger partial charge in [0.15, 0.2) is 0 Å². The maximum Gasteiger partial charge on any atom is 0.266 e. The van der Waals surface area contributed by atoms with E-state index in [-0.39, 0.29) is 18.0 Å². The second-order valence-corrected chi connectivity index (χ2v) is 9.75. The predicted molar refractivity (Wildman–Crippen MR) is 148 cm³/mol. The van der Waals surface area contributed by atoms with Gasteiger partial charge in [-0.25, -0.2) is 9.37 Å². The summed E-state index contributed by atoms with van der Waals surface area (Å²) in [5.74, 6) is 0.658. The Hall–Kier alpha value is -3.74. The van der Waals surface area contributed by atoms with Gasteiger partial charge in [0.2, 0.25) is 5.91 Å². The molecule has 0 aliphatic heterocycles. The fourth-order valence-electron chi connectivity index (χ4n) is 4.80. The molecule has 7 heteroatoms. The first-order valence-corrected chi connectivity index (χ1v) is 13.6. The van der Waals surface area contributed by atoms with E-state index >= 15 is 0 Å². The number of halogens is 1. The van der Waals surface area contributed by atoms with Gasteiger partial charge in [-0.15, -0.1) is 0 Å². The lowest BCUT2D eigenvalue weighted by molar-refractivity contribution is -0.134. The molecular formula is C31H36FN3O3. The van der Waals surface area contributed by atoms with Crippen molar-refractivity contribution in [3.05, 3.63) is 94.7 Å². The summed E-state index contributed by atoms with van der Waals surface area (Å²) in [6.45, 7) is 4.34. The molecule has 0 aliphatic carbocycles. The normalized spacial score (nSPS) is 12.1. The Morgan fingerprint density at radius 3 is 2.39 bits per heavy atom. The van der Waals surface area contributed by atoms with E-state index in [0.29, 0.717) is 34.6 Å². The monoisotopic (exact) mass is 517 g/mol. The summed E-state index contributed by atoms with van der Waals surface area (Å²) in [7, 11) is 0. The third-order valence-corrected chi connectivity index (χ3v) is 6.95. The molecule has 0 radical (unpaired) electrons. The van der Waals surface area contributed by atoms with Crippen molar-refractivity contribution in [1.29, 1.82) is 0 Å². The Bertz CT molecular complexity index is 1380. The van der Waals surface area contributed by atoms with Crippen molar-refractivity contribution in [1.82, 2.24) is 14.5 Å². The molecule has 0 spiro atoms. The third kappa shape index (κ3) is 6.57. The Kier molecular flexibility index (Phi) is 9.46. The fourth-order valence-corrected chi connectivity index (χ4v) is 4.80. The maximum absolute atomic E-state index is 13.7. The van der Waals surface area contributed by atoms with E-state index < -0.39 is 11.9 Å². The Morgan fingerprint density at radius 2 is 1.68 bits per heavy atom. The van der Waals surface area contributed by atoms with E-state index in [2.05, 4.69) is 6.92 Å². The van der Waals surface area contributed by atoms with Gasteiger partial charge in [0.25, 0.3) is 5.56 Å². The molecule has 0 saturated carbocycles. The highest BCUT2D eigenvalue weighted by atomic mass is 19.1. The quantitative estimate of drug-likeness (QED) is 0.174. The molecule has 0 saturated heterocycles. The smallest absolute Gasteiger partial charge is 0.266 e. The predicted octanol–water partition coefficient (Wildman–Crippen LogP) is 7.35. The van der Waals surface area contributed by atoms with E-state index in [1.807, 2.05) is 19.1 Å². The van der Waals surface area contributed by atoms with Crippen molar-refractivity contribution >= 4 is 16.8 Å². The number of hydrogen-bond acceptors (Lipinski definition) is 4. The minimum atomic E-state index is -0.542. The first-order valence-electron chi connectivity index (χ1n) is 13.6. The number of unbranched alkanes of at least 4 members (excludes halogenated alkanes) is 6. The van der Waals surface area contributed by atoms with Crippen LogP contribution in [0.2, 0.25) is 0 Å². The molecule has 4 aromatic rings. The van der Waals surface area contributed by atoms with Crippen molar-refractivity contribution < 1.29 is 13.6 Å². The highest BCUT2D eigenvalue weighted by Crippen LogP contribution is 2.26. The van der Waals surface area contributed by atoms with Crippen LogP contribution in [0.25, 0.3) is 16.6 Å². The fraction of sp³-hybridized carbons (Fsp3) is 0.387. The lowest BCUT2D eigenvalue weighted by Gasteiger charge is -2.30. The Balaban J connectivity index is 1.67. The number of carbonyl (C=O) groups excluding carboxylic acids is 1. The van der Waals surface area contributed by atoms with Crippen molar-refractivity contribution in [2.45, 2.75) is 77.8 Å². The van der Waals surface area contributed by atoms with Crippen LogP contribution >= 0.6 is 0 Å². The molecule has 0 N–H and O–H groups in total. The topological polar surface area (TPSA) is 68.3 Å². The summed E-state index contributed by atoms with van der Waals surface area (Å²) in [5.41, 5.74) is 0.783. The zero-order valence-corrected chi connectivity index (χ0v) is 22.2. The number of amides is 1. The molecule has 200 valence electrons. The molecule has 0 fully saturated rings. The van der Waals surface area contributed by atoms with Gasteiger partial charge in [-0.05, 0) is 61.9 Å². The highest BCUT2D eigenvalue weighted by molar-refractivity contribution is 5.79. The van der Waals surface area contributed by atoms with Crippen LogP contribution in [0.5, 0.6) is 0 Å². The minimum Gasteiger partial charge on any atom is -0.467 e. The lowest BCUT2D eigenvalue weighted by Crippen LogP contribution is -2.37. The van der Waals surface area contributed by atoms with E-state index in [1.165, 1.54) is 42.4 Å². The number of nitrogens with zero attached hydrogens (tertiary/aromatic N) is 3. The molecule has 1 atom stereocenters. The standard InChI is InChI=1S/C31H36FN3O3/c1-3-4-5-6-7-8-9-16-29(36)34(22-26-13-12-21-38-26)23(2)30-33-28-15-11-10-14-27(28)31(37)35(30)25-19-17-24(32)18-20-25/h10-15,17-21,23H,3-9,16,22H2,1-2H3. The van der Waals surface area contributed by atoms with Crippen molar-refractivity contribution in [3.8, 4) is 5.69 Å². The van der Waals surface area contributed by atoms with Crippen LogP contribution in [0.3, 0.4) is 0 Å². The number of hydrogen-bond donors (Lipinski definition) is 0. The first kappa shape index (κ1) is 27.3. The number of aromatic nitrogens is 2. The van der Waals surface area contributed by atoms with Gasteiger partial charge in [-0.1, -0.05) is 57.6 Å². The van der Waals surface area contributed by atoms with Gasteiger partial charge >= 0.3 is 0 Å². The molecule has 2 aromatic heterocycles. The molecule has 1 amide bonds. The molecule has 1 unspecified atom stereocenters.